The molecule has 4 nitrogen and oxygen atoms in total. The van der Waals surface area contributed by atoms with E-state index in [-0.39, 0.29) is 11.3 Å². The average Bonchev–Trinajstić information content (AvgIpc) is 2.62. The molecule has 0 fully saturated rings. The van der Waals surface area contributed by atoms with Crippen molar-refractivity contribution in [2.75, 3.05) is 7.11 Å². The Kier molecular flexibility index (Phi) is 1.89. The molecule has 0 aliphatic heterocycles. The zero-order valence-electron chi connectivity index (χ0n) is 7.48. The fourth-order valence-corrected chi connectivity index (χ4v) is 1.42. The number of hydrogen-bond acceptors (Lipinski definition) is 4. The number of rotatable bonds is 2. The van der Waals surface area contributed by atoms with Gasteiger partial charge in [0.2, 0.25) is 0 Å². The van der Waals surface area contributed by atoms with Crippen LogP contribution in [-0.2, 0) is 0 Å². The highest BCUT2D eigenvalue weighted by atomic mass is 16.5. The van der Waals surface area contributed by atoms with Gasteiger partial charge in [0.05, 0.1) is 24.3 Å². The number of hydrogen-bond donors (Lipinski definition) is 1. The highest BCUT2D eigenvalue weighted by molar-refractivity contribution is 5.96. The van der Waals surface area contributed by atoms with Gasteiger partial charge >= 0.3 is 0 Å². The molecule has 72 valence electrons. The quantitative estimate of drug-likeness (QED) is 0.739. The fourth-order valence-electron chi connectivity index (χ4n) is 1.42. The third-order valence-corrected chi connectivity index (χ3v) is 2.05. The summed E-state index contributed by atoms with van der Waals surface area (Å²) < 4.78 is 10.1. The van der Waals surface area contributed by atoms with E-state index in [0.717, 1.165) is 0 Å². The lowest BCUT2D eigenvalue weighted by atomic mass is 10.1. The van der Waals surface area contributed by atoms with Crippen molar-refractivity contribution in [1.82, 2.24) is 0 Å². The number of methoxy groups -OCH3 is 1. The van der Waals surface area contributed by atoms with Gasteiger partial charge in [-0.15, -0.1) is 0 Å². The van der Waals surface area contributed by atoms with Crippen LogP contribution in [-0.4, -0.2) is 18.5 Å². The second kappa shape index (κ2) is 3.06. The Bertz CT molecular complexity index is 484. The van der Waals surface area contributed by atoms with Gasteiger partial charge in [0.25, 0.3) is 0 Å². The summed E-state index contributed by atoms with van der Waals surface area (Å²) in [6, 6.07) is 3.07. The summed E-state index contributed by atoms with van der Waals surface area (Å²) in [5.41, 5.74) is 0.631. The largest absolute Gasteiger partial charge is 0.507 e. The van der Waals surface area contributed by atoms with Crippen molar-refractivity contribution >= 4 is 17.3 Å². The minimum Gasteiger partial charge on any atom is -0.507 e. The molecule has 0 radical (unpaired) electrons. The lowest BCUT2D eigenvalue weighted by Gasteiger charge is -2.05. The summed E-state index contributed by atoms with van der Waals surface area (Å²) in [5, 5.41) is 10.1. The van der Waals surface area contributed by atoms with Crippen LogP contribution in [0.2, 0.25) is 0 Å². The molecule has 1 heterocycles. The van der Waals surface area contributed by atoms with E-state index < -0.39 is 0 Å². The van der Waals surface area contributed by atoms with E-state index in [0.29, 0.717) is 23.0 Å². The second-order valence-corrected chi connectivity index (χ2v) is 2.79. The van der Waals surface area contributed by atoms with Gasteiger partial charge in [-0.25, -0.2) is 0 Å². The molecule has 0 amide bonds. The number of carbonyl (C=O) groups is 1. The Hall–Kier alpha value is -1.97. The molecule has 1 aromatic carbocycles. The summed E-state index contributed by atoms with van der Waals surface area (Å²) in [5.74, 6) is 0.197. The topological polar surface area (TPSA) is 59.7 Å². The Morgan fingerprint density at radius 3 is 3.00 bits per heavy atom. The van der Waals surface area contributed by atoms with Crippen molar-refractivity contribution in [2.45, 2.75) is 0 Å². The average molecular weight is 192 g/mol. The van der Waals surface area contributed by atoms with Crippen molar-refractivity contribution in [1.29, 1.82) is 0 Å². The van der Waals surface area contributed by atoms with Gasteiger partial charge < -0.3 is 14.3 Å². The third-order valence-electron chi connectivity index (χ3n) is 2.05. The Balaban J connectivity index is 2.88. The number of fused-ring (bicyclic) bond motifs is 1. The molecular weight excluding hydrogens is 184 g/mol. The number of ether oxygens (including phenoxy) is 1. The summed E-state index contributed by atoms with van der Waals surface area (Å²) in [6.45, 7) is 0. The van der Waals surface area contributed by atoms with Gasteiger partial charge in [0.15, 0.2) is 6.29 Å². The first kappa shape index (κ1) is 8.62. The summed E-state index contributed by atoms with van der Waals surface area (Å²) in [6.07, 6.45) is 2.03. The first-order valence-corrected chi connectivity index (χ1v) is 4.00. The van der Waals surface area contributed by atoms with E-state index in [1.165, 1.54) is 19.4 Å². The molecule has 0 bridgehead atoms. The SMILES string of the molecule is COc1c(C=O)c(O)cc2occc12. The molecule has 0 aliphatic rings. The Morgan fingerprint density at radius 1 is 1.57 bits per heavy atom. The smallest absolute Gasteiger partial charge is 0.157 e. The molecule has 2 rings (SSSR count). The van der Waals surface area contributed by atoms with Crippen LogP contribution < -0.4 is 4.74 Å². The number of furan rings is 1. The van der Waals surface area contributed by atoms with Crippen molar-refractivity contribution < 1.29 is 19.1 Å². The zero-order chi connectivity index (χ0) is 10.1. The normalized spacial score (nSPS) is 10.4. The third kappa shape index (κ3) is 1.04. The predicted molar refractivity (Wildman–Crippen MR) is 49.8 cm³/mol. The highest BCUT2D eigenvalue weighted by Crippen LogP contribution is 2.35. The van der Waals surface area contributed by atoms with Crippen LogP contribution in [0.25, 0.3) is 11.0 Å². The summed E-state index contributed by atoms with van der Waals surface area (Å²) in [4.78, 5) is 10.7. The molecule has 1 N–H and O–H groups in total. The van der Waals surface area contributed by atoms with Crippen molar-refractivity contribution in [2.24, 2.45) is 0 Å². The fraction of sp³-hybridized carbons (Fsp3) is 0.100. The highest BCUT2D eigenvalue weighted by Gasteiger charge is 2.14. The van der Waals surface area contributed by atoms with E-state index in [1.54, 1.807) is 6.07 Å². The van der Waals surface area contributed by atoms with Crippen LogP contribution in [0, 0.1) is 0 Å². The van der Waals surface area contributed by atoms with Crippen LogP contribution in [0.5, 0.6) is 11.5 Å². The Labute approximate surface area is 79.7 Å². The van der Waals surface area contributed by atoms with Crippen LogP contribution >= 0.6 is 0 Å². The van der Waals surface area contributed by atoms with E-state index in [2.05, 4.69) is 0 Å². The van der Waals surface area contributed by atoms with Gasteiger partial charge in [-0.1, -0.05) is 0 Å². The lowest BCUT2D eigenvalue weighted by molar-refractivity contribution is 0.111. The maximum absolute atomic E-state index is 10.7. The van der Waals surface area contributed by atoms with Crippen molar-refractivity contribution in [3.8, 4) is 11.5 Å². The second-order valence-electron chi connectivity index (χ2n) is 2.79. The van der Waals surface area contributed by atoms with Crippen LogP contribution in [0.3, 0.4) is 0 Å². The first-order valence-electron chi connectivity index (χ1n) is 4.00. The molecule has 0 saturated carbocycles. The molecule has 14 heavy (non-hydrogen) atoms. The van der Waals surface area contributed by atoms with Gasteiger partial charge in [-0.2, -0.15) is 0 Å². The molecule has 1 aromatic heterocycles. The number of aldehydes is 1. The summed E-state index contributed by atoms with van der Waals surface area (Å²) in [7, 11) is 1.44. The first-order chi connectivity index (χ1) is 6.77. The standard InChI is InChI=1S/C10H8O4/c1-13-10-6-2-3-14-9(6)4-8(12)7(10)5-11/h2-5,12H,1H3. The van der Waals surface area contributed by atoms with Crippen LogP contribution in [0.15, 0.2) is 22.8 Å². The zero-order valence-corrected chi connectivity index (χ0v) is 7.48. The number of phenolic OH excluding ortho intramolecular Hbond substituents is 1. The molecule has 0 spiro atoms. The van der Waals surface area contributed by atoms with E-state index in [1.807, 2.05) is 0 Å². The minimum absolute atomic E-state index is 0.140. The lowest BCUT2D eigenvalue weighted by Crippen LogP contribution is -1.91. The van der Waals surface area contributed by atoms with Gasteiger partial charge in [-0.3, -0.25) is 4.79 Å². The minimum atomic E-state index is -0.140. The Morgan fingerprint density at radius 2 is 2.36 bits per heavy atom. The maximum Gasteiger partial charge on any atom is 0.157 e. The number of aromatic hydroxyl groups is 1. The molecule has 2 aromatic rings. The van der Waals surface area contributed by atoms with E-state index in [9.17, 15) is 9.90 Å². The molecular formula is C10H8O4. The molecule has 4 heteroatoms. The van der Waals surface area contributed by atoms with Gasteiger partial charge in [-0.05, 0) is 6.07 Å². The number of phenols is 1. The maximum atomic E-state index is 10.7. The molecule has 0 atom stereocenters. The summed E-state index contributed by atoms with van der Waals surface area (Å²) >= 11 is 0. The molecule has 0 saturated heterocycles. The van der Waals surface area contributed by atoms with Crippen molar-refractivity contribution in [3.63, 3.8) is 0 Å². The van der Waals surface area contributed by atoms with E-state index >= 15 is 0 Å². The van der Waals surface area contributed by atoms with Crippen molar-refractivity contribution in [3.05, 3.63) is 24.0 Å². The van der Waals surface area contributed by atoms with Crippen LogP contribution in [0.1, 0.15) is 10.4 Å². The van der Waals surface area contributed by atoms with Gasteiger partial charge in [0, 0.05) is 6.07 Å². The molecule has 0 aliphatic carbocycles. The number of benzene rings is 1. The number of carbonyl (C=O) groups excluding carboxylic acids is 1. The van der Waals surface area contributed by atoms with Crippen LogP contribution in [0.4, 0.5) is 0 Å². The monoisotopic (exact) mass is 192 g/mol. The van der Waals surface area contributed by atoms with E-state index in [4.69, 9.17) is 9.15 Å². The molecule has 0 unspecified atom stereocenters. The van der Waals surface area contributed by atoms with Gasteiger partial charge in [0.1, 0.15) is 17.1 Å². The predicted octanol–water partition coefficient (Wildman–Crippen LogP) is 1.96.